The van der Waals surface area contributed by atoms with Crippen LogP contribution in [0, 0.1) is 6.92 Å². The van der Waals surface area contributed by atoms with Crippen LogP contribution in [0.2, 0.25) is 0 Å². The second-order valence-corrected chi connectivity index (χ2v) is 8.88. The Balaban J connectivity index is 1.64. The molecule has 0 radical (unpaired) electrons. The molecule has 0 aliphatic heterocycles. The van der Waals surface area contributed by atoms with E-state index in [1.165, 1.54) is 0 Å². The predicted octanol–water partition coefficient (Wildman–Crippen LogP) is 4.49. The lowest BCUT2D eigenvalue weighted by atomic mass is 10.3. The first-order valence-corrected chi connectivity index (χ1v) is 11.1. The van der Waals surface area contributed by atoms with Crippen LogP contribution in [0.25, 0.3) is 0 Å². The minimum atomic E-state index is -0.542. The maximum atomic E-state index is 9.90. The molecule has 3 N–H and O–H groups in total. The first-order valence-electron chi connectivity index (χ1n) is 9.55. The number of aromatic nitrogens is 3. The molecule has 0 aliphatic rings. The normalized spacial score (nSPS) is 12.0. The van der Waals surface area contributed by atoms with Crippen molar-refractivity contribution in [2.75, 3.05) is 37.9 Å². The number of aliphatic hydroxyl groups excluding tert-OH is 1. The van der Waals surface area contributed by atoms with Crippen molar-refractivity contribution < 1.29 is 9.84 Å². The zero-order valence-electron chi connectivity index (χ0n) is 17.4. The Labute approximate surface area is 198 Å². The zero-order valence-corrected chi connectivity index (χ0v) is 20.6. The summed E-state index contributed by atoms with van der Waals surface area (Å²) in [6, 6.07) is 11.2. The number of nitrogens with one attached hydrogen (secondary N) is 2. The summed E-state index contributed by atoms with van der Waals surface area (Å²) < 4.78 is 7.12. The van der Waals surface area contributed by atoms with Gasteiger partial charge in [0, 0.05) is 29.8 Å². The molecule has 10 heteroatoms. The number of anilines is 4. The Morgan fingerprint density at radius 2 is 1.81 bits per heavy atom. The molecule has 2 aromatic heterocycles. The van der Waals surface area contributed by atoms with Crippen molar-refractivity contribution in [3.05, 3.63) is 57.4 Å². The van der Waals surface area contributed by atoms with Crippen molar-refractivity contribution in [3.8, 4) is 5.75 Å². The Bertz CT molecular complexity index is 997. The van der Waals surface area contributed by atoms with Gasteiger partial charge in [-0.05, 0) is 89.3 Å². The van der Waals surface area contributed by atoms with Crippen molar-refractivity contribution >= 4 is 55.0 Å². The van der Waals surface area contributed by atoms with Gasteiger partial charge in [0.25, 0.3) is 0 Å². The molecular formula is C21H24Br2N6O2. The van der Waals surface area contributed by atoms with Gasteiger partial charge in [-0.3, -0.25) is 0 Å². The lowest BCUT2D eigenvalue weighted by Gasteiger charge is -2.16. The lowest BCUT2D eigenvalue weighted by Crippen LogP contribution is -2.30. The fraction of sp³-hybridized carbons (Fsp3) is 0.286. The topological polar surface area (TPSA) is 95.4 Å². The molecule has 8 nitrogen and oxygen atoms in total. The first kappa shape index (κ1) is 23.4. The van der Waals surface area contributed by atoms with Crippen LogP contribution < -0.4 is 15.4 Å². The molecule has 3 rings (SSSR count). The van der Waals surface area contributed by atoms with Crippen molar-refractivity contribution in [1.82, 2.24) is 19.9 Å². The fourth-order valence-corrected chi connectivity index (χ4v) is 3.60. The largest absolute Gasteiger partial charge is 0.491 e. The molecule has 0 bridgehead atoms. The number of rotatable bonds is 9. The summed E-state index contributed by atoms with van der Waals surface area (Å²) in [6.07, 6.45) is 1.14. The van der Waals surface area contributed by atoms with E-state index in [2.05, 4.69) is 57.4 Å². The molecule has 1 atom stereocenters. The van der Waals surface area contributed by atoms with Gasteiger partial charge in [-0.2, -0.15) is 4.98 Å². The van der Waals surface area contributed by atoms with Crippen LogP contribution in [0.1, 0.15) is 5.69 Å². The van der Waals surface area contributed by atoms with Gasteiger partial charge in [0.15, 0.2) is 0 Å². The third-order valence-corrected chi connectivity index (χ3v) is 5.04. The number of hydrogen-bond donors (Lipinski definition) is 3. The molecule has 31 heavy (non-hydrogen) atoms. The number of ether oxygens (including phenoxy) is 1. The van der Waals surface area contributed by atoms with Crippen molar-refractivity contribution in [2.24, 2.45) is 0 Å². The summed E-state index contributed by atoms with van der Waals surface area (Å²) >= 11 is 6.89. The molecular weight excluding hydrogens is 528 g/mol. The van der Waals surface area contributed by atoms with Crippen molar-refractivity contribution in [2.45, 2.75) is 13.0 Å². The van der Waals surface area contributed by atoms with Crippen LogP contribution >= 0.6 is 31.9 Å². The third kappa shape index (κ3) is 7.42. The Kier molecular flexibility index (Phi) is 8.19. The van der Waals surface area contributed by atoms with Crippen LogP contribution in [0.5, 0.6) is 5.75 Å². The number of nitrogens with zero attached hydrogens (tertiary/aromatic N) is 4. The summed E-state index contributed by atoms with van der Waals surface area (Å²) in [6.45, 7) is 2.71. The third-order valence-electron chi connectivity index (χ3n) is 4.06. The highest BCUT2D eigenvalue weighted by molar-refractivity contribution is 9.10. The minimum absolute atomic E-state index is 0.237. The maximum absolute atomic E-state index is 9.90. The number of likely N-dealkylation sites (N-methyl/N-ethyl adjacent to an activating group) is 1. The van der Waals surface area contributed by atoms with E-state index in [-0.39, 0.29) is 6.61 Å². The minimum Gasteiger partial charge on any atom is -0.491 e. The van der Waals surface area contributed by atoms with Gasteiger partial charge in [0.05, 0.1) is 4.47 Å². The van der Waals surface area contributed by atoms with Gasteiger partial charge in [-0.15, -0.1) is 0 Å². The van der Waals surface area contributed by atoms with E-state index in [0.29, 0.717) is 24.1 Å². The van der Waals surface area contributed by atoms with Crippen molar-refractivity contribution in [1.29, 1.82) is 0 Å². The summed E-state index contributed by atoms with van der Waals surface area (Å²) in [5, 5.41) is 16.4. The molecule has 3 aromatic rings. The van der Waals surface area contributed by atoms with Gasteiger partial charge < -0.3 is 25.4 Å². The molecule has 1 aromatic carbocycles. The van der Waals surface area contributed by atoms with E-state index >= 15 is 0 Å². The lowest BCUT2D eigenvalue weighted by molar-refractivity contribution is 0.0831. The average Bonchev–Trinajstić information content (AvgIpc) is 2.69. The standard InChI is InChI=1S/C21H24Br2N6O2/c1-13-8-15(9-19(23)25-13)26-20-18(22)10-24-21(28-20)27-14-4-6-17(7-5-14)31-12-16(30)11-29(2)3/h4-10,16,30H,11-12H2,1-3H3,(H2,24,25,26,27,28). The van der Waals surface area contributed by atoms with Gasteiger partial charge in [0.1, 0.15) is 28.9 Å². The molecule has 0 spiro atoms. The monoisotopic (exact) mass is 550 g/mol. The highest BCUT2D eigenvalue weighted by atomic mass is 79.9. The van der Waals surface area contributed by atoms with Crippen LogP contribution in [-0.2, 0) is 0 Å². The van der Waals surface area contributed by atoms with Crippen LogP contribution in [0.3, 0.4) is 0 Å². The van der Waals surface area contributed by atoms with Gasteiger partial charge >= 0.3 is 0 Å². The molecule has 1 unspecified atom stereocenters. The Morgan fingerprint density at radius 3 is 2.48 bits per heavy atom. The van der Waals surface area contributed by atoms with Crippen LogP contribution in [0.15, 0.2) is 51.7 Å². The van der Waals surface area contributed by atoms with Crippen LogP contribution in [0.4, 0.5) is 23.1 Å². The predicted molar refractivity (Wildman–Crippen MR) is 129 cm³/mol. The second kappa shape index (κ2) is 10.9. The average molecular weight is 552 g/mol. The van der Waals surface area contributed by atoms with E-state index in [1.807, 2.05) is 62.3 Å². The molecule has 2 heterocycles. The number of halogens is 2. The van der Waals surface area contributed by atoms with Gasteiger partial charge in [-0.1, -0.05) is 0 Å². The van der Waals surface area contributed by atoms with Crippen LogP contribution in [-0.4, -0.2) is 58.3 Å². The summed E-state index contributed by atoms with van der Waals surface area (Å²) in [5.74, 6) is 1.76. The number of hydrogen-bond acceptors (Lipinski definition) is 8. The van der Waals surface area contributed by atoms with Gasteiger partial charge in [0.2, 0.25) is 5.95 Å². The molecule has 164 valence electrons. The second-order valence-electron chi connectivity index (χ2n) is 7.21. The van der Waals surface area contributed by atoms with E-state index in [1.54, 1.807) is 6.20 Å². The first-order chi connectivity index (χ1) is 14.8. The van der Waals surface area contributed by atoms with Crippen molar-refractivity contribution in [3.63, 3.8) is 0 Å². The zero-order chi connectivity index (χ0) is 22.4. The number of aliphatic hydroxyl groups is 1. The van der Waals surface area contributed by atoms with E-state index in [9.17, 15) is 5.11 Å². The quantitative estimate of drug-likeness (QED) is 0.335. The highest BCUT2D eigenvalue weighted by Gasteiger charge is 2.09. The maximum Gasteiger partial charge on any atom is 0.229 e. The Hall–Kier alpha value is -2.27. The van der Waals surface area contributed by atoms with E-state index in [0.717, 1.165) is 26.1 Å². The highest BCUT2D eigenvalue weighted by Crippen LogP contribution is 2.27. The summed E-state index contributed by atoms with van der Waals surface area (Å²) in [5.41, 5.74) is 2.57. The number of pyridine rings is 1. The SMILES string of the molecule is Cc1cc(Nc2nc(Nc3ccc(OCC(O)CN(C)C)cc3)ncc2Br)cc(Br)n1. The fourth-order valence-electron chi connectivity index (χ4n) is 2.78. The molecule has 0 aliphatic carbocycles. The number of benzene rings is 1. The molecule has 0 fully saturated rings. The summed E-state index contributed by atoms with van der Waals surface area (Å²) in [7, 11) is 3.82. The summed E-state index contributed by atoms with van der Waals surface area (Å²) in [4.78, 5) is 15.1. The van der Waals surface area contributed by atoms with E-state index < -0.39 is 6.10 Å². The number of aryl methyl sites for hydroxylation is 1. The Morgan fingerprint density at radius 1 is 1.06 bits per heavy atom. The molecule has 0 saturated heterocycles. The van der Waals surface area contributed by atoms with E-state index in [4.69, 9.17) is 4.74 Å². The van der Waals surface area contributed by atoms with Gasteiger partial charge in [-0.25, -0.2) is 9.97 Å². The smallest absolute Gasteiger partial charge is 0.229 e. The molecule has 0 amide bonds. The molecule has 0 saturated carbocycles.